The van der Waals surface area contributed by atoms with Crippen LogP contribution in [-0.4, -0.2) is 34.2 Å². The summed E-state index contributed by atoms with van der Waals surface area (Å²) in [6.45, 7) is 0.322. The Bertz CT molecular complexity index is 442. The zero-order valence-corrected chi connectivity index (χ0v) is 10.5. The second-order valence-electron chi connectivity index (χ2n) is 3.93. The average Bonchev–Trinajstić information content (AvgIpc) is 2.93. The lowest BCUT2D eigenvalue weighted by Crippen LogP contribution is -2.30. The molecule has 1 fully saturated rings. The molecule has 18 heavy (non-hydrogen) atoms. The fourth-order valence-electron chi connectivity index (χ4n) is 1.74. The van der Waals surface area contributed by atoms with Crippen molar-refractivity contribution in [2.45, 2.75) is 25.7 Å². The van der Waals surface area contributed by atoms with Crippen molar-refractivity contribution >= 4 is 34.2 Å². The topological polar surface area (TPSA) is 79.4 Å². The standard InChI is InChI=1S/C11H13N3O3S/c15-8(13-11-12-5-7-18-11)2-1-6-14-9(16)3-4-10(14)17/h5,7H,1-4,6H2,(H,12,13,15). The number of anilines is 1. The SMILES string of the molecule is O=C(CCCN1C(=O)CCC1=O)Nc1nccs1. The maximum Gasteiger partial charge on any atom is 0.229 e. The van der Waals surface area contributed by atoms with Crippen molar-refractivity contribution in [2.24, 2.45) is 0 Å². The number of hydrogen-bond acceptors (Lipinski definition) is 5. The molecular weight excluding hydrogens is 254 g/mol. The third kappa shape index (κ3) is 3.13. The molecule has 6 nitrogen and oxygen atoms in total. The number of carbonyl (C=O) groups is 3. The Kier molecular flexibility index (Phi) is 4.03. The quantitative estimate of drug-likeness (QED) is 0.807. The smallest absolute Gasteiger partial charge is 0.229 e. The predicted molar refractivity (Wildman–Crippen MR) is 65.9 cm³/mol. The summed E-state index contributed by atoms with van der Waals surface area (Å²) in [7, 11) is 0. The van der Waals surface area contributed by atoms with Gasteiger partial charge in [0.05, 0.1) is 0 Å². The normalized spacial score (nSPS) is 15.2. The van der Waals surface area contributed by atoms with E-state index >= 15 is 0 Å². The Balaban J connectivity index is 1.70. The lowest BCUT2D eigenvalue weighted by atomic mass is 10.3. The molecule has 0 atom stereocenters. The molecule has 0 unspecified atom stereocenters. The molecule has 96 valence electrons. The van der Waals surface area contributed by atoms with Gasteiger partial charge in [-0.3, -0.25) is 19.3 Å². The number of likely N-dealkylation sites (tertiary alicyclic amines) is 1. The van der Waals surface area contributed by atoms with Crippen LogP contribution in [0.3, 0.4) is 0 Å². The Morgan fingerprint density at radius 1 is 1.39 bits per heavy atom. The van der Waals surface area contributed by atoms with Crippen LogP contribution in [0, 0.1) is 0 Å². The fraction of sp³-hybridized carbons (Fsp3) is 0.455. The van der Waals surface area contributed by atoms with Crippen LogP contribution >= 0.6 is 11.3 Å². The number of imide groups is 1. The minimum Gasteiger partial charge on any atom is -0.302 e. The first-order chi connectivity index (χ1) is 8.66. The van der Waals surface area contributed by atoms with E-state index in [4.69, 9.17) is 0 Å². The van der Waals surface area contributed by atoms with Crippen LogP contribution in [0.4, 0.5) is 5.13 Å². The summed E-state index contributed by atoms with van der Waals surface area (Å²) >= 11 is 1.35. The average molecular weight is 267 g/mol. The monoisotopic (exact) mass is 267 g/mol. The van der Waals surface area contributed by atoms with Crippen LogP contribution in [0.2, 0.25) is 0 Å². The van der Waals surface area contributed by atoms with Crippen molar-refractivity contribution in [2.75, 3.05) is 11.9 Å². The Morgan fingerprint density at radius 3 is 2.72 bits per heavy atom. The van der Waals surface area contributed by atoms with Gasteiger partial charge in [-0.15, -0.1) is 11.3 Å². The highest BCUT2D eigenvalue weighted by molar-refractivity contribution is 7.13. The van der Waals surface area contributed by atoms with Gasteiger partial charge in [0, 0.05) is 37.4 Å². The Labute approximate surface area is 108 Å². The van der Waals surface area contributed by atoms with Crippen LogP contribution in [0.15, 0.2) is 11.6 Å². The summed E-state index contributed by atoms with van der Waals surface area (Å²) in [6, 6.07) is 0. The fourth-order valence-corrected chi connectivity index (χ4v) is 2.28. The zero-order valence-electron chi connectivity index (χ0n) is 9.72. The third-order valence-electron chi connectivity index (χ3n) is 2.62. The summed E-state index contributed by atoms with van der Waals surface area (Å²) in [5.74, 6) is -0.426. The second-order valence-corrected chi connectivity index (χ2v) is 4.82. The van der Waals surface area contributed by atoms with Gasteiger partial charge in [0.15, 0.2) is 5.13 Å². The highest BCUT2D eigenvalue weighted by Crippen LogP contribution is 2.13. The molecule has 7 heteroatoms. The van der Waals surface area contributed by atoms with E-state index in [0.717, 1.165) is 0 Å². The van der Waals surface area contributed by atoms with Gasteiger partial charge in [-0.25, -0.2) is 4.98 Å². The van der Waals surface area contributed by atoms with Gasteiger partial charge in [-0.05, 0) is 6.42 Å². The summed E-state index contributed by atoms with van der Waals surface area (Å²) in [5, 5.41) is 4.99. The van der Waals surface area contributed by atoms with Crippen molar-refractivity contribution < 1.29 is 14.4 Å². The maximum atomic E-state index is 11.5. The number of aromatic nitrogens is 1. The molecule has 1 saturated heterocycles. The Morgan fingerprint density at radius 2 is 2.11 bits per heavy atom. The first-order valence-electron chi connectivity index (χ1n) is 5.69. The molecule has 0 aromatic carbocycles. The largest absolute Gasteiger partial charge is 0.302 e. The van der Waals surface area contributed by atoms with Gasteiger partial charge in [-0.2, -0.15) is 0 Å². The van der Waals surface area contributed by atoms with Gasteiger partial charge in [0.2, 0.25) is 17.7 Å². The summed E-state index contributed by atoms with van der Waals surface area (Å²) in [4.78, 5) is 39.3. The van der Waals surface area contributed by atoms with Crippen LogP contribution in [0.25, 0.3) is 0 Å². The van der Waals surface area contributed by atoms with Crippen LogP contribution < -0.4 is 5.32 Å². The molecule has 1 aromatic heterocycles. The van der Waals surface area contributed by atoms with Gasteiger partial charge in [0.25, 0.3) is 0 Å². The molecule has 0 saturated carbocycles. The molecule has 0 spiro atoms. The highest BCUT2D eigenvalue weighted by atomic mass is 32.1. The predicted octanol–water partition coefficient (Wildman–Crippen LogP) is 1.01. The number of hydrogen-bond donors (Lipinski definition) is 1. The molecule has 3 amide bonds. The van der Waals surface area contributed by atoms with Gasteiger partial charge in [-0.1, -0.05) is 0 Å². The molecule has 1 aliphatic heterocycles. The van der Waals surface area contributed by atoms with E-state index in [2.05, 4.69) is 10.3 Å². The number of carbonyl (C=O) groups excluding carboxylic acids is 3. The summed E-state index contributed by atoms with van der Waals surface area (Å²) < 4.78 is 0. The zero-order chi connectivity index (χ0) is 13.0. The van der Waals surface area contributed by atoms with Gasteiger partial charge >= 0.3 is 0 Å². The second kappa shape index (κ2) is 5.72. The first kappa shape index (κ1) is 12.7. The third-order valence-corrected chi connectivity index (χ3v) is 3.31. The number of rotatable bonds is 5. The molecule has 2 rings (SSSR count). The van der Waals surface area contributed by atoms with Crippen molar-refractivity contribution in [1.82, 2.24) is 9.88 Å². The van der Waals surface area contributed by atoms with E-state index in [1.54, 1.807) is 11.6 Å². The lowest BCUT2D eigenvalue weighted by Gasteiger charge is -2.12. The summed E-state index contributed by atoms with van der Waals surface area (Å²) in [6.07, 6.45) is 2.96. The van der Waals surface area contributed by atoms with Gasteiger partial charge < -0.3 is 5.32 Å². The van der Waals surface area contributed by atoms with Crippen molar-refractivity contribution in [1.29, 1.82) is 0 Å². The van der Waals surface area contributed by atoms with E-state index < -0.39 is 0 Å². The Hall–Kier alpha value is -1.76. The van der Waals surface area contributed by atoms with Crippen LogP contribution in [-0.2, 0) is 14.4 Å². The van der Waals surface area contributed by atoms with E-state index in [1.807, 2.05) is 0 Å². The van der Waals surface area contributed by atoms with Crippen LogP contribution in [0.5, 0.6) is 0 Å². The van der Waals surface area contributed by atoms with E-state index in [-0.39, 0.29) is 24.1 Å². The minimum absolute atomic E-state index is 0.139. The number of thiazole rings is 1. The molecule has 1 aliphatic rings. The van der Waals surface area contributed by atoms with E-state index in [0.29, 0.717) is 30.9 Å². The lowest BCUT2D eigenvalue weighted by molar-refractivity contribution is -0.138. The van der Waals surface area contributed by atoms with E-state index in [1.165, 1.54) is 16.2 Å². The first-order valence-corrected chi connectivity index (χ1v) is 6.57. The van der Waals surface area contributed by atoms with Crippen molar-refractivity contribution in [3.05, 3.63) is 11.6 Å². The molecule has 0 radical (unpaired) electrons. The van der Waals surface area contributed by atoms with Crippen molar-refractivity contribution in [3.8, 4) is 0 Å². The molecule has 0 bridgehead atoms. The van der Waals surface area contributed by atoms with Crippen LogP contribution in [0.1, 0.15) is 25.7 Å². The highest BCUT2D eigenvalue weighted by Gasteiger charge is 2.28. The molecule has 2 heterocycles. The molecular formula is C11H13N3O3S. The number of nitrogens with one attached hydrogen (secondary N) is 1. The van der Waals surface area contributed by atoms with Gasteiger partial charge in [0.1, 0.15) is 0 Å². The molecule has 1 aromatic rings. The molecule has 1 N–H and O–H groups in total. The number of amides is 3. The number of nitrogens with zero attached hydrogens (tertiary/aromatic N) is 2. The van der Waals surface area contributed by atoms with Crippen molar-refractivity contribution in [3.63, 3.8) is 0 Å². The van der Waals surface area contributed by atoms with E-state index in [9.17, 15) is 14.4 Å². The minimum atomic E-state index is -0.149. The molecule has 0 aliphatic carbocycles. The summed E-state index contributed by atoms with van der Waals surface area (Å²) in [5.41, 5.74) is 0. The maximum absolute atomic E-state index is 11.5.